The molecule has 130 valence electrons. The van der Waals surface area contributed by atoms with Gasteiger partial charge in [-0.25, -0.2) is 4.98 Å². The van der Waals surface area contributed by atoms with Gasteiger partial charge in [-0.1, -0.05) is 18.2 Å². The number of para-hydroxylation sites is 1. The van der Waals surface area contributed by atoms with Gasteiger partial charge < -0.3 is 14.8 Å². The predicted octanol–water partition coefficient (Wildman–Crippen LogP) is 4.13. The largest absolute Gasteiger partial charge is 0.493 e. The number of thiophene rings is 1. The van der Waals surface area contributed by atoms with Gasteiger partial charge in [-0.05, 0) is 24.4 Å². The minimum Gasteiger partial charge on any atom is -0.493 e. The number of aromatic nitrogens is 1. The summed E-state index contributed by atoms with van der Waals surface area (Å²) in [6.45, 7) is 2.21. The van der Waals surface area contributed by atoms with Crippen LogP contribution in [0.25, 0.3) is 9.88 Å². The van der Waals surface area contributed by atoms with E-state index in [1.165, 1.54) is 11.3 Å². The van der Waals surface area contributed by atoms with Gasteiger partial charge in [0.15, 0.2) is 11.5 Å². The molecule has 0 fully saturated rings. The van der Waals surface area contributed by atoms with E-state index in [4.69, 9.17) is 9.47 Å². The van der Waals surface area contributed by atoms with Crippen LogP contribution < -0.4 is 14.8 Å². The second-order valence-electron chi connectivity index (χ2n) is 5.25. The van der Waals surface area contributed by atoms with Crippen molar-refractivity contribution in [3.63, 3.8) is 0 Å². The maximum atomic E-state index is 12.6. The first-order valence-corrected chi connectivity index (χ1v) is 9.33. The van der Waals surface area contributed by atoms with Crippen LogP contribution in [-0.4, -0.2) is 25.1 Å². The molecule has 5 nitrogen and oxygen atoms in total. The third-order valence-corrected chi connectivity index (χ3v) is 5.85. The summed E-state index contributed by atoms with van der Waals surface area (Å²) in [5, 5.41) is 5.81. The molecule has 1 N–H and O–H groups in total. The summed E-state index contributed by atoms with van der Waals surface area (Å²) in [5.41, 5.74) is 1.60. The van der Waals surface area contributed by atoms with Crippen LogP contribution in [0, 0.1) is 6.92 Å². The number of thiazole rings is 1. The topological polar surface area (TPSA) is 60.5 Å². The number of methoxy groups -OCH3 is 2. The van der Waals surface area contributed by atoms with Gasteiger partial charge in [0.2, 0.25) is 0 Å². The fourth-order valence-corrected chi connectivity index (χ4v) is 4.24. The second kappa shape index (κ2) is 7.67. The Morgan fingerprint density at radius 3 is 2.72 bits per heavy atom. The molecule has 0 spiro atoms. The highest BCUT2D eigenvalue weighted by Gasteiger charge is 2.17. The fraction of sp³-hybridized carbons (Fsp3) is 0.222. The average molecular weight is 374 g/mol. The third kappa shape index (κ3) is 3.67. The van der Waals surface area contributed by atoms with E-state index in [1.807, 2.05) is 42.6 Å². The zero-order valence-electron chi connectivity index (χ0n) is 14.2. The Balaban J connectivity index is 1.76. The molecule has 1 amide bonds. The Morgan fingerprint density at radius 1 is 1.20 bits per heavy atom. The summed E-state index contributed by atoms with van der Waals surface area (Å²) >= 11 is 3.02. The second-order valence-corrected chi connectivity index (χ2v) is 7.19. The highest BCUT2D eigenvalue weighted by atomic mass is 32.1. The summed E-state index contributed by atoms with van der Waals surface area (Å²) in [4.78, 5) is 18.8. The van der Waals surface area contributed by atoms with Crippen molar-refractivity contribution in [1.82, 2.24) is 10.3 Å². The number of carbonyl (C=O) groups excluding carboxylic acids is 1. The number of nitrogens with zero attached hydrogens (tertiary/aromatic N) is 1. The molecular weight excluding hydrogens is 356 g/mol. The number of nitrogens with one attached hydrogen (secondary N) is 1. The van der Waals surface area contributed by atoms with Gasteiger partial charge in [0.05, 0.1) is 24.8 Å². The van der Waals surface area contributed by atoms with Crippen molar-refractivity contribution in [3.05, 3.63) is 51.8 Å². The van der Waals surface area contributed by atoms with Crippen molar-refractivity contribution in [2.24, 2.45) is 0 Å². The van der Waals surface area contributed by atoms with Crippen LogP contribution in [0.3, 0.4) is 0 Å². The molecule has 1 aromatic carbocycles. The van der Waals surface area contributed by atoms with Gasteiger partial charge >= 0.3 is 0 Å². The van der Waals surface area contributed by atoms with E-state index in [0.29, 0.717) is 22.9 Å². The number of benzene rings is 1. The zero-order chi connectivity index (χ0) is 17.8. The highest BCUT2D eigenvalue weighted by Crippen LogP contribution is 2.32. The van der Waals surface area contributed by atoms with Crippen LogP contribution in [0.15, 0.2) is 35.7 Å². The molecule has 0 aliphatic heterocycles. The fourth-order valence-electron chi connectivity index (χ4n) is 2.46. The highest BCUT2D eigenvalue weighted by molar-refractivity contribution is 7.22. The van der Waals surface area contributed by atoms with Crippen LogP contribution in [0.4, 0.5) is 0 Å². The van der Waals surface area contributed by atoms with E-state index in [1.54, 1.807) is 25.6 Å². The smallest absolute Gasteiger partial charge is 0.263 e. The van der Waals surface area contributed by atoms with Gasteiger partial charge in [0.25, 0.3) is 5.91 Å². The monoisotopic (exact) mass is 374 g/mol. The van der Waals surface area contributed by atoms with Crippen LogP contribution in [-0.2, 0) is 6.54 Å². The summed E-state index contributed by atoms with van der Waals surface area (Å²) < 4.78 is 10.7. The van der Waals surface area contributed by atoms with Crippen LogP contribution in [0.1, 0.15) is 20.9 Å². The van der Waals surface area contributed by atoms with Crippen molar-refractivity contribution in [3.8, 4) is 21.4 Å². The Bertz CT molecular complexity index is 873. The van der Waals surface area contributed by atoms with E-state index in [2.05, 4.69) is 10.3 Å². The number of hydrogen-bond donors (Lipinski definition) is 1. The van der Waals surface area contributed by atoms with Crippen LogP contribution in [0.5, 0.6) is 11.5 Å². The number of rotatable bonds is 6. The maximum absolute atomic E-state index is 12.6. The lowest BCUT2D eigenvalue weighted by Gasteiger charge is -2.12. The summed E-state index contributed by atoms with van der Waals surface area (Å²) in [7, 11) is 3.18. The van der Waals surface area contributed by atoms with Gasteiger partial charge in [0, 0.05) is 12.1 Å². The lowest BCUT2D eigenvalue weighted by Crippen LogP contribution is -2.23. The summed E-state index contributed by atoms with van der Waals surface area (Å²) in [6, 6.07) is 9.58. The van der Waals surface area contributed by atoms with E-state index in [-0.39, 0.29) is 5.91 Å². The van der Waals surface area contributed by atoms with Crippen LogP contribution in [0.2, 0.25) is 0 Å². The lowest BCUT2D eigenvalue weighted by atomic mass is 10.2. The molecule has 0 bridgehead atoms. The zero-order valence-corrected chi connectivity index (χ0v) is 15.8. The SMILES string of the molecule is COc1cccc(CNC(=O)c2sc(-c3cccs3)nc2C)c1OC. The first kappa shape index (κ1) is 17.4. The number of amides is 1. The lowest BCUT2D eigenvalue weighted by molar-refractivity contribution is 0.0954. The number of carbonyl (C=O) groups is 1. The molecule has 7 heteroatoms. The van der Waals surface area contributed by atoms with E-state index >= 15 is 0 Å². The molecule has 25 heavy (non-hydrogen) atoms. The van der Waals surface area contributed by atoms with E-state index in [9.17, 15) is 4.79 Å². The van der Waals surface area contributed by atoms with Gasteiger partial charge in [-0.15, -0.1) is 22.7 Å². The predicted molar refractivity (Wildman–Crippen MR) is 101 cm³/mol. The number of aryl methyl sites for hydroxylation is 1. The van der Waals surface area contributed by atoms with E-state index in [0.717, 1.165) is 21.1 Å². The summed E-state index contributed by atoms with van der Waals surface area (Å²) in [6.07, 6.45) is 0. The Morgan fingerprint density at radius 2 is 2.04 bits per heavy atom. The Labute approximate surface area is 154 Å². The molecule has 0 unspecified atom stereocenters. The van der Waals surface area contributed by atoms with Crippen molar-refractivity contribution in [2.75, 3.05) is 14.2 Å². The van der Waals surface area contributed by atoms with Crippen LogP contribution >= 0.6 is 22.7 Å². The molecule has 2 heterocycles. The first-order valence-electron chi connectivity index (χ1n) is 7.63. The molecule has 0 radical (unpaired) electrons. The molecule has 3 aromatic rings. The normalized spacial score (nSPS) is 10.5. The first-order chi connectivity index (χ1) is 12.1. The van der Waals surface area contributed by atoms with Crippen molar-refractivity contribution < 1.29 is 14.3 Å². The minimum absolute atomic E-state index is 0.136. The summed E-state index contributed by atoms with van der Waals surface area (Å²) in [5.74, 6) is 1.14. The Hall–Kier alpha value is -2.38. The van der Waals surface area contributed by atoms with Gasteiger partial charge in [-0.3, -0.25) is 4.79 Å². The molecule has 0 aliphatic carbocycles. The maximum Gasteiger partial charge on any atom is 0.263 e. The molecule has 0 aliphatic rings. The Kier molecular flexibility index (Phi) is 5.35. The van der Waals surface area contributed by atoms with Crippen molar-refractivity contribution >= 4 is 28.6 Å². The molecule has 0 saturated heterocycles. The molecule has 0 saturated carbocycles. The quantitative estimate of drug-likeness (QED) is 0.705. The number of ether oxygens (including phenoxy) is 2. The average Bonchev–Trinajstić information content (AvgIpc) is 3.28. The minimum atomic E-state index is -0.136. The van der Waals surface area contributed by atoms with Crippen molar-refractivity contribution in [2.45, 2.75) is 13.5 Å². The number of hydrogen-bond acceptors (Lipinski definition) is 6. The third-order valence-electron chi connectivity index (χ3n) is 3.66. The standard InChI is InChI=1S/C18H18N2O3S2/c1-11-16(25-18(20-11)14-8-5-9-24-14)17(21)19-10-12-6-4-7-13(22-2)15(12)23-3/h4-9H,10H2,1-3H3,(H,19,21). The molecule has 2 aromatic heterocycles. The molecular formula is C18H18N2O3S2. The molecule has 0 atom stereocenters. The molecule has 3 rings (SSSR count). The van der Waals surface area contributed by atoms with Gasteiger partial charge in [0.1, 0.15) is 9.88 Å². The van der Waals surface area contributed by atoms with Gasteiger partial charge in [-0.2, -0.15) is 0 Å². The van der Waals surface area contributed by atoms with E-state index < -0.39 is 0 Å². The van der Waals surface area contributed by atoms with Crippen molar-refractivity contribution in [1.29, 1.82) is 0 Å².